The van der Waals surface area contributed by atoms with E-state index in [-0.39, 0.29) is 5.02 Å². The quantitative estimate of drug-likeness (QED) is 0.761. The smallest absolute Gasteiger partial charge is 0.170 e. The summed E-state index contributed by atoms with van der Waals surface area (Å²) in [6.45, 7) is 0. The zero-order valence-corrected chi connectivity index (χ0v) is 13.0. The number of rotatable bonds is 2. The first-order valence-electron chi connectivity index (χ1n) is 7.18. The van der Waals surface area contributed by atoms with Crippen molar-refractivity contribution >= 4 is 34.6 Å². The molecule has 0 heterocycles. The van der Waals surface area contributed by atoms with Gasteiger partial charge in [0.25, 0.3) is 0 Å². The third-order valence-corrected chi connectivity index (χ3v) is 4.14. The molecule has 1 fully saturated rings. The molecule has 0 amide bonds. The lowest BCUT2D eigenvalue weighted by Crippen LogP contribution is -2.38. The molecule has 20 heavy (non-hydrogen) atoms. The zero-order valence-electron chi connectivity index (χ0n) is 11.4. The minimum atomic E-state index is -0.439. The van der Waals surface area contributed by atoms with Crippen LogP contribution in [0.3, 0.4) is 0 Å². The Balaban J connectivity index is 1.85. The minimum absolute atomic E-state index is 0.120. The Morgan fingerprint density at radius 3 is 2.45 bits per heavy atom. The summed E-state index contributed by atoms with van der Waals surface area (Å²) < 4.78 is 13.4. The van der Waals surface area contributed by atoms with Crippen molar-refractivity contribution in [2.24, 2.45) is 0 Å². The van der Waals surface area contributed by atoms with Crippen molar-refractivity contribution in [1.29, 1.82) is 0 Å². The first-order chi connectivity index (χ1) is 9.65. The highest BCUT2D eigenvalue weighted by atomic mass is 35.5. The van der Waals surface area contributed by atoms with Crippen LogP contribution in [0.2, 0.25) is 5.02 Å². The van der Waals surface area contributed by atoms with Gasteiger partial charge in [0.1, 0.15) is 5.82 Å². The summed E-state index contributed by atoms with van der Waals surface area (Å²) in [5.74, 6) is -0.439. The molecule has 0 aliphatic heterocycles. The van der Waals surface area contributed by atoms with Crippen LogP contribution in [0.4, 0.5) is 10.1 Å². The van der Waals surface area contributed by atoms with E-state index in [0.717, 1.165) is 12.8 Å². The van der Waals surface area contributed by atoms with E-state index in [1.54, 1.807) is 6.07 Å². The lowest BCUT2D eigenvalue weighted by molar-refractivity contribution is 0.430. The third-order valence-electron chi connectivity index (χ3n) is 3.62. The number of thiocarbonyl (C=S) groups is 1. The molecule has 5 heteroatoms. The van der Waals surface area contributed by atoms with Crippen molar-refractivity contribution < 1.29 is 4.39 Å². The first-order valence-corrected chi connectivity index (χ1v) is 7.96. The van der Waals surface area contributed by atoms with Crippen LogP contribution >= 0.6 is 23.8 Å². The molecule has 0 unspecified atom stereocenters. The van der Waals surface area contributed by atoms with Crippen molar-refractivity contribution in [2.75, 3.05) is 5.32 Å². The molecular weight excluding hydrogens is 295 g/mol. The van der Waals surface area contributed by atoms with Gasteiger partial charge in [-0.1, -0.05) is 43.7 Å². The van der Waals surface area contributed by atoms with Crippen LogP contribution in [0.1, 0.15) is 44.9 Å². The van der Waals surface area contributed by atoms with E-state index in [9.17, 15) is 4.39 Å². The maximum atomic E-state index is 13.4. The Morgan fingerprint density at radius 1 is 1.15 bits per heavy atom. The maximum absolute atomic E-state index is 13.4. The molecule has 1 aliphatic carbocycles. The summed E-state index contributed by atoms with van der Waals surface area (Å²) in [4.78, 5) is 0. The van der Waals surface area contributed by atoms with E-state index in [2.05, 4.69) is 10.6 Å². The average Bonchev–Trinajstić information content (AvgIpc) is 2.37. The molecule has 0 atom stereocenters. The number of hydrogen-bond donors (Lipinski definition) is 2. The molecule has 0 radical (unpaired) electrons. The Morgan fingerprint density at radius 2 is 1.80 bits per heavy atom. The van der Waals surface area contributed by atoms with E-state index in [1.165, 1.54) is 44.2 Å². The van der Waals surface area contributed by atoms with Gasteiger partial charge in [0.15, 0.2) is 5.11 Å². The number of benzene rings is 1. The molecule has 0 bridgehead atoms. The summed E-state index contributed by atoms with van der Waals surface area (Å²) in [5, 5.41) is 7.02. The lowest BCUT2D eigenvalue weighted by Gasteiger charge is -2.22. The molecule has 1 aliphatic rings. The number of nitrogens with one attached hydrogen (secondary N) is 2. The van der Waals surface area contributed by atoms with Crippen LogP contribution in [-0.4, -0.2) is 11.2 Å². The van der Waals surface area contributed by atoms with Crippen molar-refractivity contribution in [3.05, 3.63) is 29.0 Å². The standard InChI is InChI=1S/C15H20ClFN2S/c16-13-9-8-12(10-14(13)17)19-15(20)18-11-6-4-2-1-3-5-7-11/h8-11H,1-7H2,(H2,18,19,20). The highest BCUT2D eigenvalue weighted by molar-refractivity contribution is 7.80. The second-order valence-corrected chi connectivity index (χ2v) is 6.08. The van der Waals surface area contributed by atoms with Gasteiger partial charge in [-0.25, -0.2) is 4.39 Å². The molecule has 2 rings (SSSR count). The van der Waals surface area contributed by atoms with Gasteiger partial charge in [-0.05, 0) is 43.3 Å². The molecule has 2 N–H and O–H groups in total. The van der Waals surface area contributed by atoms with Gasteiger partial charge in [-0.2, -0.15) is 0 Å². The van der Waals surface area contributed by atoms with E-state index >= 15 is 0 Å². The summed E-state index contributed by atoms with van der Waals surface area (Å²) in [5.41, 5.74) is 0.621. The molecule has 1 aromatic rings. The summed E-state index contributed by atoms with van der Waals surface area (Å²) >= 11 is 10.9. The fraction of sp³-hybridized carbons (Fsp3) is 0.533. The molecule has 0 aromatic heterocycles. The third kappa shape index (κ3) is 4.91. The molecule has 110 valence electrons. The van der Waals surface area contributed by atoms with Crippen molar-refractivity contribution in [3.63, 3.8) is 0 Å². The average molecular weight is 315 g/mol. The van der Waals surface area contributed by atoms with Gasteiger partial charge >= 0.3 is 0 Å². The fourth-order valence-electron chi connectivity index (χ4n) is 2.53. The summed E-state index contributed by atoms with van der Waals surface area (Å²) in [6.07, 6.45) is 8.75. The highest BCUT2D eigenvalue weighted by Gasteiger charge is 2.12. The first kappa shape index (κ1) is 15.5. The molecule has 0 spiro atoms. The normalized spacial score (nSPS) is 17.1. The second-order valence-electron chi connectivity index (χ2n) is 5.27. The lowest BCUT2D eigenvalue weighted by atomic mass is 9.97. The summed E-state index contributed by atoms with van der Waals surface area (Å²) in [6, 6.07) is 5.02. The van der Waals surface area contributed by atoms with Crippen LogP contribution in [0, 0.1) is 5.82 Å². The molecule has 2 nitrogen and oxygen atoms in total. The van der Waals surface area contributed by atoms with Crippen LogP contribution in [0.5, 0.6) is 0 Å². The molecular formula is C15H20ClFN2S. The van der Waals surface area contributed by atoms with E-state index in [0.29, 0.717) is 16.8 Å². The predicted octanol–water partition coefficient (Wildman–Crippen LogP) is 4.88. The number of anilines is 1. The topological polar surface area (TPSA) is 24.1 Å². The SMILES string of the molecule is Fc1cc(NC(=S)NC2CCCCCCC2)ccc1Cl. The van der Waals surface area contributed by atoms with Crippen LogP contribution in [-0.2, 0) is 0 Å². The predicted molar refractivity (Wildman–Crippen MR) is 86.9 cm³/mol. The van der Waals surface area contributed by atoms with E-state index < -0.39 is 5.82 Å². The monoisotopic (exact) mass is 314 g/mol. The zero-order chi connectivity index (χ0) is 14.4. The Bertz CT molecular complexity index is 459. The van der Waals surface area contributed by atoms with Crippen LogP contribution < -0.4 is 10.6 Å². The Hall–Kier alpha value is -0.870. The van der Waals surface area contributed by atoms with Gasteiger partial charge in [0.05, 0.1) is 5.02 Å². The largest absolute Gasteiger partial charge is 0.360 e. The molecule has 1 saturated carbocycles. The van der Waals surface area contributed by atoms with Crippen molar-refractivity contribution in [1.82, 2.24) is 5.32 Å². The van der Waals surface area contributed by atoms with E-state index in [1.807, 2.05) is 0 Å². The second kappa shape index (κ2) is 7.79. The minimum Gasteiger partial charge on any atom is -0.360 e. The van der Waals surface area contributed by atoms with Crippen LogP contribution in [0.25, 0.3) is 0 Å². The van der Waals surface area contributed by atoms with Crippen LogP contribution in [0.15, 0.2) is 18.2 Å². The Kier molecular flexibility index (Phi) is 6.05. The van der Waals surface area contributed by atoms with E-state index in [4.69, 9.17) is 23.8 Å². The number of hydrogen-bond acceptors (Lipinski definition) is 1. The van der Waals surface area contributed by atoms with Gasteiger partial charge < -0.3 is 10.6 Å². The summed E-state index contributed by atoms with van der Waals surface area (Å²) in [7, 11) is 0. The number of halogens is 2. The molecule has 1 aromatic carbocycles. The van der Waals surface area contributed by atoms with Crippen molar-refractivity contribution in [2.45, 2.75) is 51.0 Å². The fourth-order valence-corrected chi connectivity index (χ4v) is 2.93. The van der Waals surface area contributed by atoms with Gasteiger partial charge in [0, 0.05) is 11.7 Å². The van der Waals surface area contributed by atoms with Gasteiger partial charge in [-0.3, -0.25) is 0 Å². The molecule has 0 saturated heterocycles. The van der Waals surface area contributed by atoms with Gasteiger partial charge in [-0.15, -0.1) is 0 Å². The maximum Gasteiger partial charge on any atom is 0.170 e. The Labute approximate surface area is 130 Å². The van der Waals surface area contributed by atoms with Crippen molar-refractivity contribution in [3.8, 4) is 0 Å². The highest BCUT2D eigenvalue weighted by Crippen LogP contribution is 2.19. The van der Waals surface area contributed by atoms with Gasteiger partial charge in [0.2, 0.25) is 0 Å².